The molecule has 2 heterocycles. The van der Waals surface area contributed by atoms with Crippen LogP contribution in [0.25, 0.3) is 0 Å². The zero-order valence-corrected chi connectivity index (χ0v) is 13.0. The van der Waals surface area contributed by atoms with Gasteiger partial charge in [0.05, 0.1) is 19.8 Å². The number of carbonyl (C=O) groups is 1. The van der Waals surface area contributed by atoms with Crippen molar-refractivity contribution in [2.24, 2.45) is 0 Å². The number of aliphatic hydroxyl groups is 1. The molecule has 5 nitrogen and oxygen atoms in total. The van der Waals surface area contributed by atoms with Crippen molar-refractivity contribution in [3.63, 3.8) is 0 Å². The molecule has 0 radical (unpaired) electrons. The second-order valence-electron chi connectivity index (χ2n) is 5.79. The van der Waals surface area contributed by atoms with E-state index in [-0.39, 0.29) is 5.91 Å². The van der Waals surface area contributed by atoms with Crippen molar-refractivity contribution in [2.45, 2.75) is 12.1 Å². The third-order valence-corrected chi connectivity index (χ3v) is 4.74. The van der Waals surface area contributed by atoms with E-state index < -0.39 is 5.72 Å². The van der Waals surface area contributed by atoms with E-state index in [4.69, 9.17) is 9.47 Å². The van der Waals surface area contributed by atoms with Gasteiger partial charge in [-0.15, -0.1) is 0 Å². The molecule has 0 spiro atoms. The molecule has 5 heteroatoms. The lowest BCUT2D eigenvalue weighted by Gasteiger charge is -2.40. The number of rotatable bonds is 2. The molecule has 2 aliphatic heterocycles. The lowest BCUT2D eigenvalue weighted by molar-refractivity contribution is -0.0577. The topological polar surface area (TPSA) is 59.0 Å². The number of nitrogens with zero attached hydrogens (tertiary/aromatic N) is 1. The molecule has 0 saturated carbocycles. The molecule has 2 aromatic rings. The molecule has 2 aromatic carbocycles. The minimum absolute atomic E-state index is 0.147. The Morgan fingerprint density at radius 3 is 2.70 bits per heavy atom. The maximum Gasteiger partial charge on any atom is 0.257 e. The van der Waals surface area contributed by atoms with Gasteiger partial charge < -0.3 is 19.5 Å². The third-order valence-electron chi connectivity index (χ3n) is 4.74. The molecule has 118 valence electrons. The Labute approximate surface area is 134 Å². The quantitative estimate of drug-likeness (QED) is 0.920. The Morgan fingerprint density at radius 1 is 1.17 bits per heavy atom. The molecule has 23 heavy (non-hydrogen) atoms. The van der Waals surface area contributed by atoms with E-state index in [1.807, 2.05) is 18.2 Å². The average Bonchev–Trinajstić information content (AvgIpc) is 2.82. The SMILES string of the molecule is COc1cc2c(c(OC)c1)C1(O)c3ccccc3C(=O)N1CC2. The molecule has 0 fully saturated rings. The van der Waals surface area contributed by atoms with Crippen LogP contribution in [-0.4, -0.2) is 36.7 Å². The van der Waals surface area contributed by atoms with Crippen LogP contribution in [-0.2, 0) is 12.1 Å². The van der Waals surface area contributed by atoms with Crippen LogP contribution < -0.4 is 9.47 Å². The van der Waals surface area contributed by atoms with Crippen LogP contribution in [0.5, 0.6) is 11.5 Å². The van der Waals surface area contributed by atoms with Crippen LogP contribution in [0.1, 0.15) is 27.0 Å². The van der Waals surface area contributed by atoms with E-state index in [9.17, 15) is 9.90 Å². The van der Waals surface area contributed by atoms with Crippen molar-refractivity contribution in [3.05, 3.63) is 58.7 Å². The van der Waals surface area contributed by atoms with Crippen molar-refractivity contribution >= 4 is 5.91 Å². The summed E-state index contributed by atoms with van der Waals surface area (Å²) in [5.74, 6) is 1.05. The zero-order chi connectivity index (χ0) is 16.2. The van der Waals surface area contributed by atoms with Gasteiger partial charge in [-0.25, -0.2) is 0 Å². The first kappa shape index (κ1) is 14.1. The third kappa shape index (κ3) is 1.68. The van der Waals surface area contributed by atoms with E-state index in [0.29, 0.717) is 41.2 Å². The van der Waals surface area contributed by atoms with Crippen LogP contribution >= 0.6 is 0 Å². The molecule has 1 amide bonds. The summed E-state index contributed by atoms with van der Waals surface area (Å²) in [6, 6.07) is 10.8. The Hall–Kier alpha value is -2.53. The second-order valence-corrected chi connectivity index (χ2v) is 5.79. The van der Waals surface area contributed by atoms with Crippen molar-refractivity contribution in [1.82, 2.24) is 4.90 Å². The molecular formula is C18H17NO4. The number of fused-ring (bicyclic) bond motifs is 5. The normalized spacial score (nSPS) is 21.5. The summed E-state index contributed by atoms with van der Waals surface area (Å²) in [6.07, 6.45) is 0.644. The number of methoxy groups -OCH3 is 2. The summed E-state index contributed by atoms with van der Waals surface area (Å²) in [5.41, 5.74) is 1.23. The van der Waals surface area contributed by atoms with Crippen molar-refractivity contribution in [1.29, 1.82) is 0 Å². The molecule has 1 atom stereocenters. The molecule has 1 unspecified atom stereocenters. The van der Waals surface area contributed by atoms with E-state index >= 15 is 0 Å². The van der Waals surface area contributed by atoms with Gasteiger partial charge in [-0.2, -0.15) is 0 Å². The first-order chi connectivity index (χ1) is 11.1. The summed E-state index contributed by atoms with van der Waals surface area (Å²) >= 11 is 0. The monoisotopic (exact) mass is 311 g/mol. The second kappa shape index (κ2) is 4.73. The summed E-state index contributed by atoms with van der Waals surface area (Å²) in [7, 11) is 3.15. The molecule has 2 aliphatic rings. The Kier molecular flexibility index (Phi) is 2.90. The van der Waals surface area contributed by atoms with Crippen molar-refractivity contribution in [2.75, 3.05) is 20.8 Å². The smallest absolute Gasteiger partial charge is 0.257 e. The largest absolute Gasteiger partial charge is 0.497 e. The van der Waals surface area contributed by atoms with Crippen LogP contribution in [0.4, 0.5) is 0 Å². The van der Waals surface area contributed by atoms with Crippen LogP contribution in [0, 0.1) is 0 Å². The van der Waals surface area contributed by atoms with E-state index in [0.717, 1.165) is 5.56 Å². The minimum Gasteiger partial charge on any atom is -0.497 e. The average molecular weight is 311 g/mol. The maximum atomic E-state index is 12.7. The van der Waals surface area contributed by atoms with Gasteiger partial charge in [0, 0.05) is 23.7 Å². The molecule has 0 aromatic heterocycles. The molecule has 0 aliphatic carbocycles. The summed E-state index contributed by atoms with van der Waals surface area (Å²) in [5, 5.41) is 11.5. The predicted octanol–water partition coefficient (Wildman–Crippen LogP) is 1.91. The number of hydrogen-bond acceptors (Lipinski definition) is 4. The molecule has 0 bridgehead atoms. The summed E-state index contributed by atoms with van der Waals surface area (Å²) in [6.45, 7) is 0.452. The highest BCUT2D eigenvalue weighted by Gasteiger charge is 2.53. The minimum atomic E-state index is -1.49. The van der Waals surface area contributed by atoms with E-state index in [2.05, 4.69) is 0 Å². The lowest BCUT2D eigenvalue weighted by Crippen LogP contribution is -2.49. The highest BCUT2D eigenvalue weighted by atomic mass is 16.5. The Morgan fingerprint density at radius 2 is 1.96 bits per heavy atom. The fraction of sp³-hybridized carbons (Fsp3) is 0.278. The zero-order valence-electron chi connectivity index (χ0n) is 13.0. The van der Waals surface area contributed by atoms with Crippen molar-refractivity contribution < 1.29 is 19.4 Å². The lowest BCUT2D eigenvalue weighted by atomic mass is 9.85. The Bertz CT molecular complexity index is 799. The van der Waals surface area contributed by atoms with Crippen molar-refractivity contribution in [3.8, 4) is 11.5 Å². The summed E-state index contributed by atoms with van der Waals surface area (Å²) in [4.78, 5) is 14.2. The van der Waals surface area contributed by atoms with Gasteiger partial charge in [0.1, 0.15) is 11.5 Å². The van der Waals surface area contributed by atoms with Crippen LogP contribution in [0.15, 0.2) is 36.4 Å². The van der Waals surface area contributed by atoms with Gasteiger partial charge in [0.2, 0.25) is 0 Å². The van der Waals surface area contributed by atoms with Crippen LogP contribution in [0.2, 0.25) is 0 Å². The number of hydrogen-bond donors (Lipinski definition) is 1. The van der Waals surface area contributed by atoms with Gasteiger partial charge in [-0.1, -0.05) is 18.2 Å². The van der Waals surface area contributed by atoms with E-state index in [1.165, 1.54) is 4.90 Å². The predicted molar refractivity (Wildman–Crippen MR) is 83.7 cm³/mol. The fourth-order valence-electron chi connectivity index (χ4n) is 3.69. The maximum absolute atomic E-state index is 12.7. The molecule has 4 rings (SSSR count). The van der Waals surface area contributed by atoms with Gasteiger partial charge in [0.25, 0.3) is 5.91 Å². The van der Waals surface area contributed by atoms with Crippen LogP contribution in [0.3, 0.4) is 0 Å². The number of amides is 1. The van der Waals surface area contributed by atoms with Gasteiger partial charge >= 0.3 is 0 Å². The summed E-state index contributed by atoms with van der Waals surface area (Å²) < 4.78 is 10.8. The van der Waals surface area contributed by atoms with Gasteiger partial charge in [-0.05, 0) is 24.1 Å². The highest BCUT2D eigenvalue weighted by molar-refractivity contribution is 6.00. The number of ether oxygens (including phenoxy) is 2. The van der Waals surface area contributed by atoms with Gasteiger partial charge in [-0.3, -0.25) is 4.79 Å². The Balaban J connectivity index is 2.03. The fourth-order valence-corrected chi connectivity index (χ4v) is 3.69. The number of carbonyl (C=O) groups excluding carboxylic acids is 1. The first-order valence-electron chi connectivity index (χ1n) is 7.50. The number of benzene rings is 2. The molecule has 0 saturated heterocycles. The van der Waals surface area contributed by atoms with Gasteiger partial charge in [0.15, 0.2) is 5.72 Å². The standard InChI is InChI=1S/C18H17NO4/c1-22-12-9-11-7-8-19-17(20)13-5-3-4-6-14(13)18(19,21)16(11)15(10-12)23-2/h3-6,9-10,21H,7-8H2,1-2H3. The van der Waals surface area contributed by atoms with E-state index in [1.54, 1.807) is 32.4 Å². The highest BCUT2D eigenvalue weighted by Crippen LogP contribution is 2.50. The molecule has 1 N–H and O–H groups in total. The molecular weight excluding hydrogens is 294 g/mol. The first-order valence-corrected chi connectivity index (χ1v) is 7.50.